The number of rotatable bonds is 8. The Morgan fingerprint density at radius 3 is 2.13 bits per heavy atom. The number of carbonyl (C=O) groups is 3. The predicted molar refractivity (Wildman–Crippen MR) is 110 cm³/mol. The van der Waals surface area contributed by atoms with Crippen LogP contribution in [0.4, 0.5) is 4.79 Å². The molecule has 0 fully saturated rings. The number of aliphatic carboxylic acids is 1. The number of hydrogen-bond donors (Lipinski definition) is 1. The van der Waals surface area contributed by atoms with E-state index in [1.54, 1.807) is 0 Å². The number of amides is 1. The van der Waals surface area contributed by atoms with Gasteiger partial charge in [0.2, 0.25) is 0 Å². The van der Waals surface area contributed by atoms with Crippen molar-refractivity contribution in [3.05, 3.63) is 59.7 Å². The molecule has 0 saturated carbocycles. The first-order valence-corrected chi connectivity index (χ1v) is 9.81. The van der Waals surface area contributed by atoms with Crippen molar-refractivity contribution in [1.82, 2.24) is 4.90 Å². The molecule has 7 nitrogen and oxygen atoms in total. The normalized spacial score (nSPS) is 13.1. The number of benzene rings is 2. The quantitative estimate of drug-likeness (QED) is 0.667. The second-order valence-corrected chi connectivity index (χ2v) is 7.24. The number of likely N-dealkylation sites (N-methyl/N-ethyl adjacent to an activating group) is 1. The van der Waals surface area contributed by atoms with E-state index in [4.69, 9.17) is 4.74 Å². The molecule has 30 heavy (non-hydrogen) atoms. The third kappa shape index (κ3) is 4.45. The van der Waals surface area contributed by atoms with Crippen molar-refractivity contribution in [3.63, 3.8) is 0 Å². The maximum Gasteiger partial charge on any atom is 0.410 e. The largest absolute Gasteiger partial charge is 0.480 e. The van der Waals surface area contributed by atoms with Crippen LogP contribution in [0.3, 0.4) is 0 Å². The zero-order valence-electron chi connectivity index (χ0n) is 17.0. The molecule has 1 aliphatic carbocycles. The van der Waals surface area contributed by atoms with E-state index in [0.717, 1.165) is 27.2 Å². The van der Waals surface area contributed by atoms with Crippen molar-refractivity contribution in [2.45, 2.75) is 31.2 Å². The van der Waals surface area contributed by atoms with Crippen molar-refractivity contribution in [2.75, 3.05) is 20.8 Å². The Kier molecular flexibility index (Phi) is 6.72. The summed E-state index contributed by atoms with van der Waals surface area (Å²) >= 11 is 0. The minimum absolute atomic E-state index is 0.0960. The molecule has 7 heteroatoms. The maximum absolute atomic E-state index is 12.6. The summed E-state index contributed by atoms with van der Waals surface area (Å²) in [5, 5.41) is 9.49. The highest BCUT2D eigenvalue weighted by molar-refractivity contribution is 5.81. The summed E-state index contributed by atoms with van der Waals surface area (Å²) in [6, 6.07) is 14.9. The lowest BCUT2D eigenvalue weighted by molar-refractivity contribution is -0.144. The average molecular weight is 411 g/mol. The van der Waals surface area contributed by atoms with Crippen LogP contribution in [0.1, 0.15) is 36.3 Å². The lowest BCUT2D eigenvalue weighted by Crippen LogP contribution is -2.43. The van der Waals surface area contributed by atoms with Crippen LogP contribution < -0.4 is 0 Å². The summed E-state index contributed by atoms with van der Waals surface area (Å²) in [5.41, 5.74) is 4.41. The molecule has 1 aliphatic rings. The van der Waals surface area contributed by atoms with Crippen LogP contribution in [-0.2, 0) is 19.1 Å². The highest BCUT2D eigenvalue weighted by Gasteiger charge is 2.31. The zero-order valence-corrected chi connectivity index (χ0v) is 17.0. The first-order chi connectivity index (χ1) is 14.4. The van der Waals surface area contributed by atoms with Gasteiger partial charge < -0.3 is 14.6 Å². The molecule has 1 amide bonds. The standard InChI is InChI=1S/C23H25NO6/c1-24(20(22(26)27)12-7-13-21(25)29-2)23(28)30-14-19-17-10-5-3-8-15(17)16-9-4-6-11-18(16)19/h3-6,8-11,19-20H,7,12-14H2,1-2H3,(H,26,27)/t20-/m0/s1. The summed E-state index contributed by atoms with van der Waals surface area (Å²) < 4.78 is 10.1. The van der Waals surface area contributed by atoms with E-state index < -0.39 is 24.1 Å². The summed E-state index contributed by atoms with van der Waals surface area (Å²) in [4.78, 5) is 36.5. The lowest BCUT2D eigenvalue weighted by Gasteiger charge is -2.25. The molecule has 158 valence electrons. The number of methoxy groups -OCH3 is 1. The number of fused-ring (bicyclic) bond motifs is 3. The second kappa shape index (κ2) is 9.43. The van der Waals surface area contributed by atoms with Gasteiger partial charge in [0, 0.05) is 19.4 Å². The van der Waals surface area contributed by atoms with Gasteiger partial charge in [-0.15, -0.1) is 0 Å². The molecule has 1 atom stereocenters. The fourth-order valence-electron chi connectivity index (χ4n) is 3.85. The van der Waals surface area contributed by atoms with Crippen LogP contribution in [0.2, 0.25) is 0 Å². The average Bonchev–Trinajstić information content (AvgIpc) is 3.08. The lowest BCUT2D eigenvalue weighted by atomic mass is 9.98. The Bertz CT molecular complexity index is 895. The van der Waals surface area contributed by atoms with Gasteiger partial charge in [0.1, 0.15) is 12.6 Å². The van der Waals surface area contributed by atoms with Crippen LogP contribution in [0.15, 0.2) is 48.5 Å². The zero-order chi connectivity index (χ0) is 21.7. The van der Waals surface area contributed by atoms with Crippen LogP contribution in [0.5, 0.6) is 0 Å². The van der Waals surface area contributed by atoms with E-state index in [0.29, 0.717) is 6.42 Å². The first kappa shape index (κ1) is 21.4. The smallest absolute Gasteiger partial charge is 0.410 e. The number of hydrogen-bond acceptors (Lipinski definition) is 5. The van der Waals surface area contributed by atoms with Crippen molar-refractivity contribution in [2.24, 2.45) is 0 Å². The molecule has 1 N–H and O–H groups in total. The van der Waals surface area contributed by atoms with Crippen LogP contribution in [-0.4, -0.2) is 54.8 Å². The number of ether oxygens (including phenoxy) is 2. The summed E-state index contributed by atoms with van der Waals surface area (Å²) in [6.07, 6.45) is -0.184. The topological polar surface area (TPSA) is 93.1 Å². The van der Waals surface area contributed by atoms with Crippen molar-refractivity contribution >= 4 is 18.0 Å². The number of carbonyl (C=O) groups excluding carboxylic acids is 2. The molecule has 0 heterocycles. The second-order valence-electron chi connectivity index (χ2n) is 7.24. The Morgan fingerprint density at radius 2 is 1.60 bits per heavy atom. The van der Waals surface area contributed by atoms with Gasteiger partial charge in [0.05, 0.1) is 7.11 Å². The van der Waals surface area contributed by atoms with Crippen LogP contribution >= 0.6 is 0 Å². The first-order valence-electron chi connectivity index (χ1n) is 9.81. The van der Waals surface area contributed by atoms with Gasteiger partial charge in [-0.2, -0.15) is 0 Å². The van der Waals surface area contributed by atoms with E-state index >= 15 is 0 Å². The van der Waals surface area contributed by atoms with Gasteiger partial charge in [0.25, 0.3) is 0 Å². The Morgan fingerprint density at radius 1 is 1.03 bits per heavy atom. The molecule has 0 bridgehead atoms. The summed E-state index contributed by atoms with van der Waals surface area (Å²) in [7, 11) is 2.68. The van der Waals surface area contributed by atoms with Gasteiger partial charge in [-0.05, 0) is 35.1 Å². The van der Waals surface area contributed by atoms with E-state index in [9.17, 15) is 19.5 Å². The molecule has 2 aromatic rings. The Balaban J connectivity index is 1.65. The van der Waals surface area contributed by atoms with Crippen molar-refractivity contribution in [1.29, 1.82) is 0 Å². The monoisotopic (exact) mass is 411 g/mol. The Labute approximate surface area is 175 Å². The molecule has 0 saturated heterocycles. The predicted octanol–water partition coefficient (Wildman–Crippen LogP) is 3.66. The van der Waals surface area contributed by atoms with Gasteiger partial charge >= 0.3 is 18.0 Å². The van der Waals surface area contributed by atoms with E-state index in [2.05, 4.69) is 4.74 Å². The summed E-state index contributed by atoms with van der Waals surface area (Å²) in [6.45, 7) is 0.117. The molecule has 2 aromatic carbocycles. The minimum atomic E-state index is -1.14. The minimum Gasteiger partial charge on any atom is -0.480 e. The SMILES string of the molecule is COC(=O)CCC[C@@H](C(=O)O)N(C)C(=O)OCC1c2ccccc2-c2ccccc21. The number of nitrogens with zero attached hydrogens (tertiary/aromatic N) is 1. The van der Waals surface area contributed by atoms with Crippen LogP contribution in [0, 0.1) is 0 Å². The van der Waals surface area contributed by atoms with E-state index in [1.165, 1.54) is 14.2 Å². The fourth-order valence-corrected chi connectivity index (χ4v) is 3.85. The molecule has 0 spiro atoms. The third-order valence-electron chi connectivity index (χ3n) is 5.46. The molecular weight excluding hydrogens is 386 g/mol. The number of carboxylic acid groups (broad SMARTS) is 1. The van der Waals surface area contributed by atoms with Crippen molar-refractivity contribution in [3.8, 4) is 11.1 Å². The van der Waals surface area contributed by atoms with Crippen LogP contribution in [0.25, 0.3) is 11.1 Å². The van der Waals surface area contributed by atoms with Gasteiger partial charge in [0.15, 0.2) is 0 Å². The highest BCUT2D eigenvalue weighted by atomic mass is 16.6. The number of carboxylic acids is 1. The molecular formula is C23H25NO6. The maximum atomic E-state index is 12.6. The molecule has 0 aliphatic heterocycles. The molecule has 3 rings (SSSR count). The van der Waals surface area contributed by atoms with Crippen molar-refractivity contribution < 1.29 is 29.0 Å². The molecule has 0 aromatic heterocycles. The van der Waals surface area contributed by atoms with Gasteiger partial charge in [-0.1, -0.05) is 48.5 Å². The fraction of sp³-hybridized carbons (Fsp3) is 0.348. The number of esters is 1. The highest BCUT2D eigenvalue weighted by Crippen LogP contribution is 2.44. The van der Waals surface area contributed by atoms with Gasteiger partial charge in [-0.25, -0.2) is 9.59 Å². The third-order valence-corrected chi connectivity index (χ3v) is 5.46. The van der Waals surface area contributed by atoms with E-state index in [-0.39, 0.29) is 25.4 Å². The summed E-state index contributed by atoms with van der Waals surface area (Å²) in [5.74, 6) is -1.66. The molecule has 0 unspecified atom stereocenters. The molecule has 0 radical (unpaired) electrons. The van der Waals surface area contributed by atoms with E-state index in [1.807, 2.05) is 48.5 Å². The van der Waals surface area contributed by atoms with Gasteiger partial charge in [-0.3, -0.25) is 9.69 Å². The Hall–Kier alpha value is -3.35.